The van der Waals surface area contributed by atoms with Crippen molar-refractivity contribution >= 4 is 66.1 Å². The summed E-state index contributed by atoms with van der Waals surface area (Å²) in [5, 5.41) is 7.93. The number of halogens is 2. The second-order valence-electron chi connectivity index (χ2n) is 8.68. The molecule has 2 atom stereocenters. The van der Waals surface area contributed by atoms with Gasteiger partial charge in [-0.05, 0) is 80.2 Å². The predicted molar refractivity (Wildman–Crippen MR) is 149 cm³/mol. The number of rotatable bonds is 5. The van der Waals surface area contributed by atoms with Crippen LogP contribution in [0.1, 0.15) is 58.7 Å². The first-order valence-electron chi connectivity index (χ1n) is 11.7. The lowest BCUT2D eigenvalue weighted by Gasteiger charge is -2.29. The third-order valence-electron chi connectivity index (χ3n) is 6.37. The lowest BCUT2D eigenvalue weighted by Crippen LogP contribution is -2.28. The maximum atomic E-state index is 12.5. The lowest BCUT2D eigenvalue weighted by molar-refractivity contribution is 0.0531. The molecule has 35 heavy (non-hydrogen) atoms. The standard InChI is InChI=1S/C27H25Br2N3O2S/c1-3-34-26(33)25-16(2)30-27(35-25)32-24(18-9-13-21(29)14-10-18)22-6-4-5-19(23(22)31-32)15-17-7-11-20(28)12-8-17/h7-15,22,24H,3-6H2,1-2H3/b19-15-. The minimum Gasteiger partial charge on any atom is -0.462 e. The van der Waals surface area contributed by atoms with E-state index in [-0.39, 0.29) is 17.9 Å². The molecular weight excluding hydrogens is 590 g/mol. The third-order valence-corrected chi connectivity index (χ3v) is 8.55. The van der Waals surface area contributed by atoms with Crippen LogP contribution < -0.4 is 5.01 Å². The minimum absolute atomic E-state index is 0.0207. The van der Waals surface area contributed by atoms with E-state index < -0.39 is 0 Å². The van der Waals surface area contributed by atoms with E-state index in [1.807, 2.05) is 18.9 Å². The Labute approximate surface area is 226 Å². The fourth-order valence-electron chi connectivity index (χ4n) is 4.78. The Hall–Kier alpha value is -2.29. The topological polar surface area (TPSA) is 54.8 Å². The van der Waals surface area contributed by atoms with Gasteiger partial charge in [-0.1, -0.05) is 67.5 Å². The van der Waals surface area contributed by atoms with Gasteiger partial charge in [0.15, 0.2) is 0 Å². The number of benzene rings is 2. The van der Waals surface area contributed by atoms with Crippen molar-refractivity contribution in [1.29, 1.82) is 0 Å². The van der Waals surface area contributed by atoms with Crippen LogP contribution in [0.3, 0.4) is 0 Å². The molecule has 0 bridgehead atoms. The minimum atomic E-state index is -0.325. The molecule has 180 valence electrons. The van der Waals surface area contributed by atoms with Gasteiger partial charge in [0.1, 0.15) is 4.88 Å². The Morgan fingerprint density at radius 3 is 2.51 bits per heavy atom. The van der Waals surface area contributed by atoms with Gasteiger partial charge in [0.25, 0.3) is 0 Å². The number of thiazole rings is 1. The van der Waals surface area contributed by atoms with Gasteiger partial charge in [0.2, 0.25) is 5.13 Å². The number of carbonyl (C=O) groups excluding carboxylic acids is 1. The monoisotopic (exact) mass is 613 g/mol. The summed E-state index contributed by atoms with van der Waals surface area (Å²) < 4.78 is 7.36. The van der Waals surface area contributed by atoms with Crippen LogP contribution in [0.5, 0.6) is 0 Å². The average Bonchev–Trinajstić information content (AvgIpc) is 3.43. The van der Waals surface area contributed by atoms with E-state index in [1.165, 1.54) is 28.0 Å². The molecule has 5 nitrogen and oxygen atoms in total. The van der Waals surface area contributed by atoms with Crippen LogP contribution in [-0.4, -0.2) is 23.3 Å². The number of anilines is 1. The van der Waals surface area contributed by atoms with Crippen molar-refractivity contribution in [3.05, 3.63) is 84.7 Å². The predicted octanol–water partition coefficient (Wildman–Crippen LogP) is 7.95. The summed E-state index contributed by atoms with van der Waals surface area (Å²) in [5.41, 5.74) is 5.43. The normalized spacial score (nSPS) is 20.6. The van der Waals surface area contributed by atoms with Gasteiger partial charge in [-0.25, -0.2) is 14.8 Å². The number of nitrogens with zero attached hydrogens (tertiary/aromatic N) is 3. The number of ether oxygens (including phenoxy) is 1. The summed E-state index contributed by atoms with van der Waals surface area (Å²) in [7, 11) is 0. The highest BCUT2D eigenvalue weighted by Crippen LogP contribution is 2.47. The van der Waals surface area contributed by atoms with E-state index >= 15 is 0 Å². The zero-order valence-electron chi connectivity index (χ0n) is 19.5. The highest BCUT2D eigenvalue weighted by molar-refractivity contribution is 9.10. The van der Waals surface area contributed by atoms with Gasteiger partial charge in [-0.2, -0.15) is 5.10 Å². The molecule has 2 unspecified atom stereocenters. The first-order chi connectivity index (χ1) is 16.9. The first kappa shape index (κ1) is 24.4. The maximum absolute atomic E-state index is 12.5. The van der Waals surface area contributed by atoms with Crippen molar-refractivity contribution in [2.75, 3.05) is 11.6 Å². The zero-order valence-corrected chi connectivity index (χ0v) is 23.5. The summed E-state index contributed by atoms with van der Waals surface area (Å²) in [5.74, 6) is -0.0732. The molecule has 0 saturated heterocycles. The number of fused-ring (bicyclic) bond motifs is 1. The largest absolute Gasteiger partial charge is 0.462 e. The van der Waals surface area contributed by atoms with Gasteiger partial charge >= 0.3 is 5.97 Å². The summed E-state index contributed by atoms with van der Waals surface area (Å²) >= 11 is 8.44. The van der Waals surface area contributed by atoms with Gasteiger partial charge < -0.3 is 4.74 Å². The average molecular weight is 615 g/mol. The molecule has 1 aromatic heterocycles. The van der Waals surface area contributed by atoms with E-state index in [9.17, 15) is 4.79 Å². The zero-order chi connectivity index (χ0) is 24.5. The molecule has 1 fully saturated rings. The lowest BCUT2D eigenvalue weighted by atomic mass is 9.77. The van der Waals surface area contributed by atoms with E-state index in [0.29, 0.717) is 17.2 Å². The molecule has 5 rings (SSSR count). The Balaban J connectivity index is 1.58. The second kappa shape index (κ2) is 10.4. The van der Waals surface area contributed by atoms with Crippen LogP contribution in [0.15, 0.2) is 68.2 Å². The number of hydrogen-bond acceptors (Lipinski definition) is 6. The van der Waals surface area contributed by atoms with Gasteiger partial charge in [-0.15, -0.1) is 0 Å². The Kier molecular flexibility index (Phi) is 7.23. The molecule has 8 heteroatoms. The number of aryl methyl sites for hydroxylation is 1. The quantitative estimate of drug-likeness (QED) is 0.274. The molecule has 1 aliphatic carbocycles. The van der Waals surface area contributed by atoms with Crippen LogP contribution in [-0.2, 0) is 4.74 Å². The van der Waals surface area contributed by atoms with Crippen molar-refractivity contribution in [3.63, 3.8) is 0 Å². The van der Waals surface area contributed by atoms with Gasteiger partial charge in [0, 0.05) is 14.9 Å². The molecule has 2 heterocycles. The number of hydrazone groups is 1. The number of esters is 1. The number of hydrogen-bond donors (Lipinski definition) is 0. The van der Waals surface area contributed by atoms with Crippen molar-refractivity contribution in [2.45, 2.75) is 39.2 Å². The molecule has 1 saturated carbocycles. The van der Waals surface area contributed by atoms with Crippen molar-refractivity contribution < 1.29 is 9.53 Å². The number of allylic oxidation sites excluding steroid dienone is 1. The SMILES string of the molecule is CCOC(=O)c1sc(N2N=C3/C(=C\c4ccc(Br)cc4)CCCC3C2c2ccc(Br)cc2)nc1C. The van der Waals surface area contributed by atoms with Crippen LogP contribution >= 0.6 is 43.2 Å². The first-order valence-corrected chi connectivity index (χ1v) is 14.1. The van der Waals surface area contributed by atoms with Crippen LogP contribution in [0.4, 0.5) is 5.13 Å². The van der Waals surface area contributed by atoms with E-state index in [4.69, 9.17) is 14.8 Å². The molecule has 0 amide bonds. The number of aromatic nitrogens is 1. The highest BCUT2D eigenvalue weighted by atomic mass is 79.9. The molecule has 0 radical (unpaired) electrons. The van der Waals surface area contributed by atoms with E-state index in [2.05, 4.69) is 86.5 Å². The summed E-state index contributed by atoms with van der Waals surface area (Å²) in [4.78, 5) is 17.8. The fraction of sp³-hybridized carbons (Fsp3) is 0.296. The summed E-state index contributed by atoms with van der Waals surface area (Å²) in [6, 6.07) is 16.8. The van der Waals surface area contributed by atoms with Crippen molar-refractivity contribution in [2.24, 2.45) is 11.0 Å². The number of carbonyl (C=O) groups is 1. The van der Waals surface area contributed by atoms with Crippen molar-refractivity contribution in [3.8, 4) is 0 Å². The Bertz CT molecular complexity index is 1300. The van der Waals surface area contributed by atoms with Crippen molar-refractivity contribution in [1.82, 2.24) is 4.98 Å². The smallest absolute Gasteiger partial charge is 0.350 e. The van der Waals surface area contributed by atoms with Crippen LogP contribution in [0.2, 0.25) is 0 Å². The van der Waals surface area contributed by atoms with Gasteiger partial charge in [0.05, 0.1) is 24.1 Å². The summed E-state index contributed by atoms with van der Waals surface area (Å²) in [6.07, 6.45) is 5.43. The van der Waals surface area contributed by atoms with Gasteiger partial charge in [-0.3, -0.25) is 0 Å². The summed E-state index contributed by atoms with van der Waals surface area (Å²) in [6.45, 7) is 4.01. The van der Waals surface area contributed by atoms with E-state index in [1.54, 1.807) is 0 Å². The fourth-order valence-corrected chi connectivity index (χ4v) is 6.25. The second-order valence-corrected chi connectivity index (χ2v) is 11.5. The Morgan fingerprint density at radius 1 is 1.14 bits per heavy atom. The molecule has 1 aliphatic heterocycles. The molecular formula is C27H25Br2N3O2S. The molecule has 2 aliphatic rings. The molecule has 2 aromatic carbocycles. The molecule has 0 spiro atoms. The highest BCUT2D eigenvalue weighted by Gasteiger charge is 2.43. The van der Waals surface area contributed by atoms with Crippen LogP contribution in [0, 0.1) is 12.8 Å². The molecule has 0 N–H and O–H groups in total. The maximum Gasteiger partial charge on any atom is 0.350 e. The van der Waals surface area contributed by atoms with Crippen LogP contribution in [0.25, 0.3) is 6.08 Å². The Morgan fingerprint density at radius 2 is 1.83 bits per heavy atom. The van der Waals surface area contributed by atoms with E-state index in [0.717, 1.165) is 39.1 Å². The molecule has 3 aromatic rings. The third kappa shape index (κ3) is 5.01.